The summed E-state index contributed by atoms with van der Waals surface area (Å²) in [6, 6.07) is 12.7. The Hall–Kier alpha value is -1.98. The fourth-order valence-electron chi connectivity index (χ4n) is 2.59. The average molecular weight is 315 g/mol. The lowest BCUT2D eigenvalue weighted by molar-refractivity contribution is -0.00255. The highest BCUT2D eigenvalue weighted by atomic mass is 32.1. The molecule has 3 rings (SSSR count). The molecule has 1 fully saturated rings. The van der Waals surface area contributed by atoms with Crippen molar-refractivity contribution in [3.8, 4) is 0 Å². The van der Waals surface area contributed by atoms with Gasteiger partial charge in [0.1, 0.15) is 0 Å². The van der Waals surface area contributed by atoms with Crippen molar-refractivity contribution in [1.29, 1.82) is 0 Å². The molecule has 1 aliphatic heterocycles. The summed E-state index contributed by atoms with van der Waals surface area (Å²) < 4.78 is 5.47. The molecule has 0 saturated carbocycles. The minimum absolute atomic E-state index is 0.0100. The summed E-state index contributed by atoms with van der Waals surface area (Å²) in [5.74, 6) is 0.0317. The number of nitrogens with zero attached hydrogens (tertiary/aromatic N) is 1. The molecule has 1 amide bonds. The van der Waals surface area contributed by atoms with Gasteiger partial charge in [0, 0.05) is 18.5 Å². The number of rotatable bonds is 4. The van der Waals surface area contributed by atoms with Crippen LogP contribution in [0.5, 0.6) is 0 Å². The molecule has 0 spiro atoms. The molecule has 1 saturated heterocycles. The fraction of sp³-hybridized carbons (Fsp3) is 0.294. The quantitative estimate of drug-likeness (QED) is 0.815. The molecule has 1 atom stereocenters. The van der Waals surface area contributed by atoms with E-state index in [4.69, 9.17) is 4.74 Å². The fourth-order valence-corrected chi connectivity index (χ4v) is 3.27. The number of carbonyl (C=O) groups excluding carboxylic acids is 2. The Morgan fingerprint density at radius 1 is 1.18 bits per heavy atom. The van der Waals surface area contributed by atoms with Crippen LogP contribution in [0.4, 0.5) is 0 Å². The molecule has 5 heteroatoms. The van der Waals surface area contributed by atoms with E-state index < -0.39 is 0 Å². The van der Waals surface area contributed by atoms with Gasteiger partial charge in [-0.2, -0.15) is 0 Å². The standard InChI is InChI=1S/C17H17NO3S/c19-15(13-5-2-1-3-6-13)11-14-12-21-9-8-18(14)17(20)16-7-4-10-22-16/h1-7,10,14H,8-9,11-12H2/t14-/m0/s1. The summed E-state index contributed by atoms with van der Waals surface area (Å²) in [6.07, 6.45) is 0.293. The topological polar surface area (TPSA) is 46.6 Å². The summed E-state index contributed by atoms with van der Waals surface area (Å²) in [5.41, 5.74) is 0.677. The molecule has 1 aromatic heterocycles. The van der Waals surface area contributed by atoms with Crippen molar-refractivity contribution in [2.45, 2.75) is 12.5 Å². The van der Waals surface area contributed by atoms with Gasteiger partial charge in [0.15, 0.2) is 5.78 Å². The lowest BCUT2D eigenvalue weighted by Crippen LogP contribution is -2.49. The van der Waals surface area contributed by atoms with Gasteiger partial charge >= 0.3 is 0 Å². The van der Waals surface area contributed by atoms with Crippen molar-refractivity contribution in [3.63, 3.8) is 0 Å². The number of thiophene rings is 1. The van der Waals surface area contributed by atoms with Gasteiger partial charge in [0.2, 0.25) is 0 Å². The number of Topliss-reactive ketones (excluding diaryl/α,β-unsaturated/α-hetero) is 1. The molecule has 2 heterocycles. The highest BCUT2D eigenvalue weighted by molar-refractivity contribution is 7.12. The molecule has 0 radical (unpaired) electrons. The highest BCUT2D eigenvalue weighted by Crippen LogP contribution is 2.19. The Morgan fingerprint density at radius 2 is 2.00 bits per heavy atom. The Labute approximate surface area is 133 Å². The summed E-state index contributed by atoms with van der Waals surface area (Å²) in [4.78, 5) is 27.4. The van der Waals surface area contributed by atoms with Crippen LogP contribution in [0.15, 0.2) is 47.8 Å². The Kier molecular flexibility index (Phi) is 4.65. The van der Waals surface area contributed by atoms with Crippen LogP contribution in [0, 0.1) is 0 Å². The van der Waals surface area contributed by atoms with Crippen molar-refractivity contribution in [1.82, 2.24) is 4.90 Å². The zero-order valence-corrected chi connectivity index (χ0v) is 12.9. The second-order valence-electron chi connectivity index (χ2n) is 5.20. The van der Waals surface area contributed by atoms with Crippen molar-refractivity contribution in [2.24, 2.45) is 0 Å². The smallest absolute Gasteiger partial charge is 0.264 e. The number of benzene rings is 1. The third kappa shape index (κ3) is 3.26. The van der Waals surface area contributed by atoms with Crippen LogP contribution in [-0.4, -0.2) is 42.4 Å². The third-order valence-corrected chi connectivity index (χ3v) is 4.59. The van der Waals surface area contributed by atoms with Gasteiger partial charge in [-0.1, -0.05) is 36.4 Å². The van der Waals surface area contributed by atoms with E-state index in [0.29, 0.717) is 36.6 Å². The monoisotopic (exact) mass is 315 g/mol. The SMILES string of the molecule is O=C(C[C@H]1COCCN1C(=O)c1cccs1)c1ccccc1. The van der Waals surface area contributed by atoms with Crippen LogP contribution in [0.1, 0.15) is 26.5 Å². The maximum absolute atomic E-state index is 12.6. The minimum atomic E-state index is -0.198. The predicted octanol–water partition coefficient (Wildman–Crippen LogP) is 2.86. The van der Waals surface area contributed by atoms with Gasteiger partial charge in [-0.25, -0.2) is 0 Å². The first-order valence-corrected chi connectivity index (χ1v) is 8.14. The van der Waals surface area contributed by atoms with Gasteiger partial charge in [-0.15, -0.1) is 11.3 Å². The largest absolute Gasteiger partial charge is 0.377 e. The molecule has 0 aliphatic carbocycles. The van der Waals surface area contributed by atoms with E-state index in [1.807, 2.05) is 35.7 Å². The number of amides is 1. The van der Waals surface area contributed by atoms with Gasteiger partial charge in [0.05, 0.1) is 24.1 Å². The first-order valence-electron chi connectivity index (χ1n) is 7.26. The van der Waals surface area contributed by atoms with Gasteiger partial charge in [0.25, 0.3) is 5.91 Å². The maximum Gasteiger partial charge on any atom is 0.264 e. The summed E-state index contributed by atoms with van der Waals surface area (Å²) in [6.45, 7) is 1.46. The van der Waals surface area contributed by atoms with Crippen molar-refractivity contribution in [3.05, 3.63) is 58.3 Å². The molecule has 4 nitrogen and oxygen atoms in total. The Bertz CT molecular complexity index is 639. The molecule has 0 unspecified atom stereocenters. The van der Waals surface area contributed by atoms with E-state index in [9.17, 15) is 9.59 Å². The van der Waals surface area contributed by atoms with Crippen molar-refractivity contribution < 1.29 is 14.3 Å². The first kappa shape index (κ1) is 14.9. The lowest BCUT2D eigenvalue weighted by atomic mass is 10.0. The molecule has 1 aromatic carbocycles. The van der Waals surface area contributed by atoms with E-state index in [1.54, 1.807) is 17.0 Å². The molecule has 22 heavy (non-hydrogen) atoms. The average Bonchev–Trinajstić information content (AvgIpc) is 3.10. The number of hydrogen-bond acceptors (Lipinski definition) is 4. The van der Waals surface area contributed by atoms with Crippen LogP contribution in [-0.2, 0) is 4.74 Å². The van der Waals surface area contributed by atoms with Gasteiger partial charge < -0.3 is 9.64 Å². The van der Waals surface area contributed by atoms with E-state index in [-0.39, 0.29) is 17.7 Å². The molecular formula is C17H17NO3S. The van der Waals surface area contributed by atoms with E-state index >= 15 is 0 Å². The minimum Gasteiger partial charge on any atom is -0.377 e. The first-order chi connectivity index (χ1) is 10.8. The molecule has 0 bridgehead atoms. The van der Waals surface area contributed by atoms with Gasteiger partial charge in [-0.3, -0.25) is 9.59 Å². The van der Waals surface area contributed by atoms with Crippen molar-refractivity contribution >= 4 is 23.0 Å². The van der Waals surface area contributed by atoms with E-state index in [1.165, 1.54) is 11.3 Å². The number of morpholine rings is 1. The zero-order chi connectivity index (χ0) is 15.4. The molecule has 2 aromatic rings. The van der Waals surface area contributed by atoms with Gasteiger partial charge in [-0.05, 0) is 11.4 Å². The number of ketones is 1. The van der Waals surface area contributed by atoms with E-state index in [0.717, 1.165) is 0 Å². The Morgan fingerprint density at radius 3 is 2.73 bits per heavy atom. The maximum atomic E-state index is 12.6. The van der Waals surface area contributed by atoms with Crippen LogP contribution < -0.4 is 0 Å². The van der Waals surface area contributed by atoms with Crippen LogP contribution >= 0.6 is 11.3 Å². The molecular weight excluding hydrogens is 298 g/mol. The summed E-state index contributed by atoms with van der Waals surface area (Å²) >= 11 is 1.43. The normalized spacial score (nSPS) is 18.2. The van der Waals surface area contributed by atoms with Crippen molar-refractivity contribution in [2.75, 3.05) is 19.8 Å². The summed E-state index contributed by atoms with van der Waals surface area (Å²) in [7, 11) is 0. The van der Waals surface area contributed by atoms with Crippen LogP contribution in [0.25, 0.3) is 0 Å². The number of hydrogen-bond donors (Lipinski definition) is 0. The second kappa shape index (κ2) is 6.85. The lowest BCUT2D eigenvalue weighted by Gasteiger charge is -2.35. The number of ether oxygens (including phenoxy) is 1. The predicted molar refractivity (Wildman–Crippen MR) is 85.4 cm³/mol. The number of carbonyl (C=O) groups is 2. The molecule has 1 aliphatic rings. The molecule has 114 valence electrons. The molecule has 0 N–H and O–H groups in total. The van der Waals surface area contributed by atoms with Crippen LogP contribution in [0.3, 0.4) is 0 Å². The highest BCUT2D eigenvalue weighted by Gasteiger charge is 2.30. The summed E-state index contributed by atoms with van der Waals surface area (Å²) in [5, 5.41) is 1.89. The third-order valence-electron chi connectivity index (χ3n) is 3.74. The zero-order valence-electron chi connectivity index (χ0n) is 12.1. The Balaban J connectivity index is 1.73. The van der Waals surface area contributed by atoms with Crippen LogP contribution in [0.2, 0.25) is 0 Å². The second-order valence-corrected chi connectivity index (χ2v) is 6.15. The van der Waals surface area contributed by atoms with E-state index in [2.05, 4.69) is 0 Å².